The molecule has 0 bridgehead atoms. The highest BCUT2D eigenvalue weighted by Gasteiger charge is 2.12. The van der Waals surface area contributed by atoms with E-state index in [0.717, 1.165) is 12.8 Å². The van der Waals surface area contributed by atoms with Crippen LogP contribution in [-0.4, -0.2) is 29.0 Å². The number of rotatable bonds is 18. The summed E-state index contributed by atoms with van der Waals surface area (Å²) in [5.41, 5.74) is 8.33. The van der Waals surface area contributed by atoms with Gasteiger partial charge >= 0.3 is 0 Å². The summed E-state index contributed by atoms with van der Waals surface area (Å²) in [5.74, 6) is 0. The van der Waals surface area contributed by atoms with Gasteiger partial charge in [-0.3, -0.25) is 0 Å². The molecule has 0 spiro atoms. The number of azide groups is 1. The summed E-state index contributed by atoms with van der Waals surface area (Å²) in [6.45, 7) is 1.92. The van der Waals surface area contributed by atoms with Gasteiger partial charge < -0.3 is 10.2 Å². The second kappa shape index (κ2) is 19.3. The molecule has 0 radical (unpaired) electrons. The van der Waals surface area contributed by atoms with Crippen LogP contribution in [0.25, 0.3) is 10.4 Å². The molecule has 2 atom stereocenters. The van der Waals surface area contributed by atoms with Crippen molar-refractivity contribution in [3.63, 3.8) is 0 Å². The van der Waals surface area contributed by atoms with E-state index in [-0.39, 0.29) is 6.61 Å². The van der Waals surface area contributed by atoms with E-state index < -0.39 is 12.1 Å². The molecule has 25 heavy (non-hydrogen) atoms. The van der Waals surface area contributed by atoms with E-state index in [9.17, 15) is 5.11 Å². The topological polar surface area (TPSA) is 89.2 Å². The molecule has 0 amide bonds. The Bertz CT molecular complexity index is 355. The lowest BCUT2D eigenvalue weighted by Crippen LogP contribution is -2.25. The van der Waals surface area contributed by atoms with E-state index in [4.69, 9.17) is 10.6 Å². The maximum absolute atomic E-state index is 9.73. The summed E-state index contributed by atoms with van der Waals surface area (Å²) in [6, 6.07) is -0.784. The Balaban J connectivity index is 3.36. The highest BCUT2D eigenvalue weighted by atomic mass is 16.3. The zero-order chi connectivity index (χ0) is 18.6. The minimum atomic E-state index is -0.900. The van der Waals surface area contributed by atoms with Gasteiger partial charge in [0.1, 0.15) is 0 Å². The van der Waals surface area contributed by atoms with Gasteiger partial charge in [0.05, 0.1) is 18.8 Å². The molecule has 0 rings (SSSR count). The summed E-state index contributed by atoms with van der Waals surface area (Å²) < 4.78 is 0. The van der Waals surface area contributed by atoms with E-state index in [2.05, 4.69) is 16.9 Å². The van der Waals surface area contributed by atoms with Gasteiger partial charge in [-0.2, -0.15) is 0 Å². The fourth-order valence-corrected chi connectivity index (χ4v) is 2.92. The minimum absolute atomic E-state index is 0.339. The van der Waals surface area contributed by atoms with Crippen LogP contribution in [0, 0.1) is 0 Å². The molecule has 2 N–H and O–H groups in total. The van der Waals surface area contributed by atoms with Gasteiger partial charge in [0, 0.05) is 4.91 Å². The van der Waals surface area contributed by atoms with Gasteiger partial charge in [0.2, 0.25) is 0 Å². The average Bonchev–Trinajstić information content (AvgIpc) is 2.62. The van der Waals surface area contributed by atoms with Crippen LogP contribution in [0.5, 0.6) is 0 Å². The van der Waals surface area contributed by atoms with Crippen LogP contribution in [-0.2, 0) is 0 Å². The molecule has 0 aromatic heterocycles. The third kappa shape index (κ3) is 16.2. The summed E-state index contributed by atoms with van der Waals surface area (Å²) in [7, 11) is 0. The lowest BCUT2D eigenvalue weighted by Gasteiger charge is -2.11. The van der Waals surface area contributed by atoms with E-state index >= 15 is 0 Å². The van der Waals surface area contributed by atoms with Gasteiger partial charge in [-0.25, -0.2) is 0 Å². The van der Waals surface area contributed by atoms with Gasteiger partial charge in [-0.15, -0.1) is 0 Å². The Morgan fingerprint density at radius 1 is 0.880 bits per heavy atom. The monoisotopic (exact) mass is 353 g/mol. The third-order valence-electron chi connectivity index (χ3n) is 4.59. The van der Waals surface area contributed by atoms with Crippen LogP contribution in [0.3, 0.4) is 0 Å². The van der Waals surface area contributed by atoms with Crippen molar-refractivity contribution in [1.29, 1.82) is 0 Å². The molecule has 146 valence electrons. The predicted octanol–water partition coefficient (Wildman–Crippen LogP) is 6.06. The van der Waals surface area contributed by atoms with Crippen LogP contribution >= 0.6 is 0 Å². The second-order valence-corrected chi connectivity index (χ2v) is 6.90. The van der Waals surface area contributed by atoms with Crippen molar-refractivity contribution < 1.29 is 10.2 Å². The lowest BCUT2D eigenvalue weighted by molar-refractivity contribution is 0.144. The first-order valence-electron chi connectivity index (χ1n) is 10.3. The smallest absolute Gasteiger partial charge is 0.0900 e. The van der Waals surface area contributed by atoms with Crippen LogP contribution in [0.2, 0.25) is 0 Å². The maximum atomic E-state index is 9.73. The van der Waals surface area contributed by atoms with Crippen molar-refractivity contribution >= 4 is 0 Å². The molecule has 0 aliphatic heterocycles. The number of allylic oxidation sites excluding steroid dienone is 1. The number of aliphatic hydroxyl groups is 2. The summed E-state index contributed by atoms with van der Waals surface area (Å²) in [4.78, 5) is 2.62. The van der Waals surface area contributed by atoms with E-state index in [0.29, 0.717) is 0 Å². The number of hydrogen-bond donors (Lipinski definition) is 2. The molecule has 0 saturated heterocycles. The SMILES string of the molecule is CCCCCCCCCCCCCCCC=C[C@@H](O)[C@H](CO)N=[N+]=[N-]. The summed E-state index contributed by atoms with van der Waals surface area (Å²) in [6.07, 6.45) is 21.0. The number of unbranched alkanes of at least 4 members (excludes halogenated alkanes) is 13. The van der Waals surface area contributed by atoms with Crippen molar-refractivity contribution in [3.8, 4) is 0 Å². The quantitative estimate of drug-likeness (QED) is 0.103. The second-order valence-electron chi connectivity index (χ2n) is 6.90. The van der Waals surface area contributed by atoms with Gasteiger partial charge in [-0.05, 0) is 18.4 Å². The zero-order valence-corrected chi connectivity index (χ0v) is 16.2. The Morgan fingerprint density at radius 2 is 1.36 bits per heavy atom. The van der Waals surface area contributed by atoms with Gasteiger partial charge in [0.25, 0.3) is 0 Å². The number of aliphatic hydroxyl groups excluding tert-OH is 2. The minimum Gasteiger partial charge on any atom is -0.396 e. The van der Waals surface area contributed by atoms with Crippen LogP contribution in [0.15, 0.2) is 17.3 Å². The Labute approximate surface area is 154 Å². The molecule has 0 saturated carbocycles. The zero-order valence-electron chi connectivity index (χ0n) is 16.2. The van der Waals surface area contributed by atoms with Crippen molar-refractivity contribution in [3.05, 3.63) is 22.6 Å². The third-order valence-corrected chi connectivity index (χ3v) is 4.59. The molecular weight excluding hydrogens is 314 g/mol. The first-order chi connectivity index (χ1) is 12.3. The predicted molar refractivity (Wildman–Crippen MR) is 105 cm³/mol. The average molecular weight is 354 g/mol. The molecule has 0 aliphatic carbocycles. The molecule has 0 aromatic rings. The Hall–Kier alpha value is -1.03. The van der Waals surface area contributed by atoms with E-state index in [1.54, 1.807) is 6.08 Å². The molecule has 0 unspecified atom stereocenters. The largest absolute Gasteiger partial charge is 0.396 e. The van der Waals surface area contributed by atoms with Gasteiger partial charge in [0.15, 0.2) is 0 Å². The fourth-order valence-electron chi connectivity index (χ4n) is 2.92. The van der Waals surface area contributed by atoms with E-state index in [1.165, 1.54) is 77.0 Å². The molecule has 5 heteroatoms. The maximum Gasteiger partial charge on any atom is 0.0900 e. The van der Waals surface area contributed by atoms with Crippen molar-refractivity contribution in [1.82, 2.24) is 0 Å². The highest BCUT2D eigenvalue weighted by molar-refractivity contribution is 4.95. The normalized spacial score (nSPS) is 13.7. The lowest BCUT2D eigenvalue weighted by atomic mass is 10.0. The standard InChI is InChI=1S/C20H39N3O2/c1-2-3-4-5-6-7-8-9-10-11-12-13-14-15-16-17-20(25)19(18-24)22-23-21/h16-17,19-20,24-25H,2-15,18H2,1H3/t19-,20+/m0/s1. The first-order valence-corrected chi connectivity index (χ1v) is 10.3. The summed E-state index contributed by atoms with van der Waals surface area (Å²) >= 11 is 0. The van der Waals surface area contributed by atoms with Gasteiger partial charge in [-0.1, -0.05) is 101 Å². The van der Waals surface area contributed by atoms with E-state index in [1.807, 2.05) is 6.08 Å². The van der Waals surface area contributed by atoms with Crippen LogP contribution in [0.4, 0.5) is 0 Å². The van der Waals surface area contributed by atoms with Crippen molar-refractivity contribution in [2.45, 2.75) is 109 Å². The van der Waals surface area contributed by atoms with Crippen molar-refractivity contribution in [2.75, 3.05) is 6.61 Å². The van der Waals surface area contributed by atoms with Crippen LogP contribution < -0.4 is 0 Å². The number of hydrogen-bond acceptors (Lipinski definition) is 3. The Morgan fingerprint density at radius 3 is 1.80 bits per heavy atom. The Kier molecular flexibility index (Phi) is 18.5. The molecule has 0 aliphatic rings. The van der Waals surface area contributed by atoms with Crippen LogP contribution in [0.1, 0.15) is 96.8 Å². The highest BCUT2D eigenvalue weighted by Crippen LogP contribution is 2.13. The number of nitrogens with zero attached hydrogens (tertiary/aromatic N) is 3. The molecule has 0 aromatic carbocycles. The molecule has 5 nitrogen and oxygen atoms in total. The van der Waals surface area contributed by atoms with Crippen molar-refractivity contribution in [2.24, 2.45) is 5.11 Å². The molecule has 0 fully saturated rings. The first kappa shape index (κ1) is 24.0. The molecule has 0 heterocycles. The summed E-state index contributed by atoms with van der Waals surface area (Å²) in [5, 5.41) is 22.1. The molecular formula is C20H39N3O2. The fraction of sp³-hybridized carbons (Fsp3) is 0.900.